The summed E-state index contributed by atoms with van der Waals surface area (Å²) in [5, 5.41) is 2.83. The minimum Gasteiger partial charge on any atom is -0.354 e. The first-order valence-corrected chi connectivity index (χ1v) is 8.51. The van der Waals surface area contributed by atoms with E-state index in [1.54, 1.807) is 25.1 Å². The van der Waals surface area contributed by atoms with Crippen LogP contribution in [0.3, 0.4) is 0 Å². The summed E-state index contributed by atoms with van der Waals surface area (Å²) in [4.78, 5) is 45.0. The molecular formula is C19H20N4O3. The third-order valence-electron chi connectivity index (χ3n) is 4.90. The minimum absolute atomic E-state index is 0.0790. The van der Waals surface area contributed by atoms with Gasteiger partial charge in [-0.25, -0.2) is 4.79 Å². The van der Waals surface area contributed by atoms with E-state index in [0.717, 1.165) is 12.1 Å². The lowest BCUT2D eigenvalue weighted by Crippen LogP contribution is -2.26. The Hall–Kier alpha value is -3.09. The molecule has 1 amide bonds. The highest BCUT2D eigenvalue weighted by atomic mass is 16.2. The zero-order chi connectivity index (χ0) is 18.6. The fourth-order valence-corrected chi connectivity index (χ4v) is 3.76. The second-order valence-corrected chi connectivity index (χ2v) is 7.71. The molecule has 1 aromatic carbocycles. The Bertz CT molecular complexity index is 1110. The van der Waals surface area contributed by atoms with E-state index < -0.39 is 0 Å². The third-order valence-corrected chi connectivity index (χ3v) is 4.90. The number of ketones is 1. The Labute approximate surface area is 149 Å². The van der Waals surface area contributed by atoms with E-state index in [-0.39, 0.29) is 22.8 Å². The summed E-state index contributed by atoms with van der Waals surface area (Å²) in [5.41, 5.74) is 4.03. The van der Waals surface area contributed by atoms with Crippen molar-refractivity contribution in [3.8, 4) is 0 Å². The van der Waals surface area contributed by atoms with E-state index in [4.69, 9.17) is 0 Å². The Kier molecular flexibility index (Phi) is 3.44. The van der Waals surface area contributed by atoms with E-state index in [1.807, 2.05) is 0 Å². The van der Waals surface area contributed by atoms with Crippen LogP contribution in [0.1, 0.15) is 52.4 Å². The van der Waals surface area contributed by atoms with Crippen molar-refractivity contribution in [3.63, 3.8) is 0 Å². The Balaban J connectivity index is 1.66. The van der Waals surface area contributed by atoms with Crippen LogP contribution in [0, 0.1) is 12.3 Å². The number of aromatic amines is 3. The predicted octanol–water partition coefficient (Wildman–Crippen LogP) is 2.90. The monoisotopic (exact) mass is 352 g/mol. The largest absolute Gasteiger partial charge is 0.354 e. The summed E-state index contributed by atoms with van der Waals surface area (Å²) < 4.78 is 0. The fraction of sp³-hybridized carbons (Fsp3) is 0.316. The number of fused-ring (bicyclic) bond motifs is 2. The maximum absolute atomic E-state index is 12.7. The van der Waals surface area contributed by atoms with Crippen molar-refractivity contribution in [2.45, 2.75) is 33.6 Å². The second-order valence-electron chi connectivity index (χ2n) is 7.71. The molecule has 134 valence electrons. The summed E-state index contributed by atoms with van der Waals surface area (Å²) in [6.07, 6.45) is 1.22. The van der Waals surface area contributed by atoms with Crippen LogP contribution < -0.4 is 11.0 Å². The number of carbonyl (C=O) groups excluding carboxylic acids is 2. The molecule has 0 saturated heterocycles. The highest BCUT2D eigenvalue weighted by Crippen LogP contribution is 2.36. The first-order valence-electron chi connectivity index (χ1n) is 8.51. The van der Waals surface area contributed by atoms with Crippen LogP contribution in [-0.4, -0.2) is 26.6 Å². The molecule has 4 rings (SSSR count). The van der Waals surface area contributed by atoms with Gasteiger partial charge in [-0.2, -0.15) is 0 Å². The number of nitrogens with one attached hydrogen (secondary N) is 4. The number of anilines is 1. The standard InChI is InChI=1S/C19H20N4O3/c1-9-15-13(7-19(2,3)8-14(15)24)21-16(9)17(25)20-10-4-5-11-12(6-10)23-18(26)22-11/h4-6,21H,7-8H2,1-3H3,(H,20,25)(H2,22,23,26). The molecule has 2 aromatic heterocycles. The average molecular weight is 352 g/mol. The highest BCUT2D eigenvalue weighted by molar-refractivity contribution is 6.09. The van der Waals surface area contributed by atoms with E-state index in [1.165, 1.54) is 0 Å². The maximum Gasteiger partial charge on any atom is 0.323 e. The van der Waals surface area contributed by atoms with Gasteiger partial charge >= 0.3 is 5.69 Å². The predicted molar refractivity (Wildman–Crippen MR) is 98.8 cm³/mol. The number of aromatic nitrogens is 3. The van der Waals surface area contributed by atoms with Crippen molar-refractivity contribution in [1.82, 2.24) is 15.0 Å². The molecule has 26 heavy (non-hydrogen) atoms. The molecule has 0 radical (unpaired) electrons. The normalized spacial score (nSPS) is 15.9. The van der Waals surface area contributed by atoms with Crippen LogP contribution >= 0.6 is 0 Å². The number of benzene rings is 1. The molecule has 0 unspecified atom stereocenters. The molecule has 1 aliphatic rings. The molecule has 4 N–H and O–H groups in total. The second kappa shape index (κ2) is 5.45. The number of carbonyl (C=O) groups is 2. The average Bonchev–Trinajstić information content (AvgIpc) is 3.04. The van der Waals surface area contributed by atoms with Gasteiger partial charge in [0.25, 0.3) is 5.91 Å². The molecule has 7 heteroatoms. The number of rotatable bonds is 2. The number of hydrogen-bond acceptors (Lipinski definition) is 3. The summed E-state index contributed by atoms with van der Waals surface area (Å²) in [6, 6.07) is 5.13. The molecule has 0 fully saturated rings. The number of amides is 1. The molecule has 0 spiro atoms. The number of H-pyrrole nitrogens is 3. The topological polar surface area (TPSA) is 111 Å². The van der Waals surface area contributed by atoms with E-state index in [2.05, 4.69) is 34.1 Å². The van der Waals surface area contributed by atoms with Gasteiger partial charge in [0.2, 0.25) is 0 Å². The van der Waals surface area contributed by atoms with Crippen LogP contribution in [-0.2, 0) is 6.42 Å². The summed E-state index contributed by atoms with van der Waals surface area (Å²) in [5.74, 6) is -0.227. The molecular weight excluding hydrogens is 332 g/mol. The molecule has 2 heterocycles. The van der Waals surface area contributed by atoms with Gasteiger partial charge in [-0.15, -0.1) is 0 Å². The number of imidazole rings is 1. The van der Waals surface area contributed by atoms with Gasteiger partial charge in [0.1, 0.15) is 5.69 Å². The fourth-order valence-electron chi connectivity index (χ4n) is 3.76. The lowest BCUT2D eigenvalue weighted by Gasteiger charge is -2.28. The van der Waals surface area contributed by atoms with Gasteiger partial charge in [0.05, 0.1) is 11.0 Å². The zero-order valence-corrected chi connectivity index (χ0v) is 14.9. The first kappa shape index (κ1) is 16.4. The van der Waals surface area contributed by atoms with E-state index in [9.17, 15) is 14.4 Å². The summed E-state index contributed by atoms with van der Waals surface area (Å²) in [6.45, 7) is 5.90. The Morgan fingerprint density at radius 1 is 1.08 bits per heavy atom. The van der Waals surface area contributed by atoms with Gasteiger partial charge in [-0.1, -0.05) is 13.8 Å². The van der Waals surface area contributed by atoms with Crippen LogP contribution in [0.25, 0.3) is 11.0 Å². The van der Waals surface area contributed by atoms with Crippen molar-refractivity contribution >= 4 is 28.4 Å². The van der Waals surface area contributed by atoms with Gasteiger partial charge in [0, 0.05) is 23.4 Å². The maximum atomic E-state index is 12.7. The zero-order valence-electron chi connectivity index (χ0n) is 14.9. The molecule has 0 saturated carbocycles. The van der Waals surface area contributed by atoms with Crippen molar-refractivity contribution in [2.24, 2.45) is 5.41 Å². The molecule has 1 aliphatic carbocycles. The third kappa shape index (κ3) is 2.65. The summed E-state index contributed by atoms with van der Waals surface area (Å²) in [7, 11) is 0. The van der Waals surface area contributed by atoms with Crippen molar-refractivity contribution in [1.29, 1.82) is 0 Å². The SMILES string of the molecule is Cc1c(C(=O)Nc2ccc3[nH]c(=O)[nH]c3c2)[nH]c2c1C(=O)CC(C)(C)C2. The van der Waals surface area contributed by atoms with Crippen molar-refractivity contribution in [3.05, 3.63) is 51.2 Å². The van der Waals surface area contributed by atoms with Crippen LogP contribution in [0.4, 0.5) is 5.69 Å². The lowest BCUT2D eigenvalue weighted by molar-refractivity contribution is 0.0910. The first-order chi connectivity index (χ1) is 12.2. The molecule has 3 aromatic rings. The van der Waals surface area contributed by atoms with Crippen LogP contribution in [0.15, 0.2) is 23.0 Å². The number of Topliss-reactive ketones (excluding diaryl/α,β-unsaturated/α-hetero) is 1. The quantitative estimate of drug-likeness (QED) is 0.569. The Morgan fingerprint density at radius 3 is 2.58 bits per heavy atom. The molecule has 0 atom stereocenters. The van der Waals surface area contributed by atoms with E-state index >= 15 is 0 Å². The minimum atomic E-state index is -0.306. The van der Waals surface area contributed by atoms with Gasteiger partial charge in [0.15, 0.2) is 5.78 Å². The van der Waals surface area contributed by atoms with Crippen molar-refractivity contribution < 1.29 is 9.59 Å². The van der Waals surface area contributed by atoms with Crippen LogP contribution in [0.2, 0.25) is 0 Å². The lowest BCUT2D eigenvalue weighted by atomic mass is 9.75. The van der Waals surface area contributed by atoms with Crippen molar-refractivity contribution in [2.75, 3.05) is 5.32 Å². The smallest absolute Gasteiger partial charge is 0.323 e. The molecule has 0 bridgehead atoms. The van der Waals surface area contributed by atoms with Gasteiger partial charge in [-0.05, 0) is 42.5 Å². The highest BCUT2D eigenvalue weighted by Gasteiger charge is 2.35. The number of hydrogen-bond donors (Lipinski definition) is 4. The molecule has 7 nitrogen and oxygen atoms in total. The molecule has 0 aliphatic heterocycles. The van der Waals surface area contributed by atoms with E-state index in [0.29, 0.717) is 40.0 Å². The summed E-state index contributed by atoms with van der Waals surface area (Å²) >= 11 is 0. The Morgan fingerprint density at radius 2 is 1.81 bits per heavy atom. The van der Waals surface area contributed by atoms with Gasteiger partial charge in [-0.3, -0.25) is 9.59 Å². The van der Waals surface area contributed by atoms with Gasteiger partial charge < -0.3 is 20.3 Å². The van der Waals surface area contributed by atoms with Crippen LogP contribution in [0.5, 0.6) is 0 Å².